The predicted molar refractivity (Wildman–Crippen MR) is 153 cm³/mol. The molecule has 0 bridgehead atoms. The van der Waals surface area contributed by atoms with Crippen molar-refractivity contribution in [2.24, 2.45) is 0 Å². The molecule has 1 atom stereocenters. The van der Waals surface area contributed by atoms with Gasteiger partial charge in [0.1, 0.15) is 0 Å². The van der Waals surface area contributed by atoms with Gasteiger partial charge in [0.2, 0.25) is 5.91 Å². The highest BCUT2D eigenvalue weighted by Crippen LogP contribution is 2.31. The Morgan fingerprint density at radius 1 is 1.07 bits per heavy atom. The van der Waals surface area contributed by atoms with Gasteiger partial charge in [-0.15, -0.1) is 0 Å². The Hall–Kier alpha value is -2.87. The standard InChI is InChI=1S/C27H31ClN4O6S2/c1-18-26(39-27(29-18)30-19(2)33)40(35,36)32-14-12-31(13-15-32)16-24(21-8-10-23(28)11-9-21)38-17-20-4-6-22(7-5-20)25(34)37-3/h4-11,24H,12-17H2,1-3H3,(H,29,30,33)/t24-/m0/s1. The summed E-state index contributed by atoms with van der Waals surface area (Å²) in [5.74, 6) is -0.701. The lowest BCUT2D eigenvalue weighted by Gasteiger charge is -2.35. The van der Waals surface area contributed by atoms with Crippen LogP contribution in [0.3, 0.4) is 0 Å². The van der Waals surface area contributed by atoms with Crippen LogP contribution in [-0.4, -0.2) is 74.3 Å². The van der Waals surface area contributed by atoms with Gasteiger partial charge in [-0.3, -0.25) is 9.69 Å². The van der Waals surface area contributed by atoms with Crippen molar-refractivity contribution in [3.63, 3.8) is 0 Å². The third-order valence-electron chi connectivity index (χ3n) is 6.43. The highest BCUT2D eigenvalue weighted by Gasteiger charge is 2.33. The molecule has 214 valence electrons. The van der Waals surface area contributed by atoms with Crippen LogP contribution in [0.2, 0.25) is 5.02 Å². The van der Waals surface area contributed by atoms with Gasteiger partial charge in [0, 0.05) is 44.7 Å². The minimum absolute atomic E-state index is 0.144. The summed E-state index contributed by atoms with van der Waals surface area (Å²) in [4.78, 5) is 29.4. The predicted octanol–water partition coefficient (Wildman–Crippen LogP) is 4.11. The number of amides is 1. The number of carbonyl (C=O) groups is 2. The molecule has 0 aliphatic carbocycles. The molecule has 1 N–H and O–H groups in total. The van der Waals surface area contributed by atoms with Gasteiger partial charge in [0.05, 0.1) is 31.1 Å². The molecule has 1 aliphatic heterocycles. The van der Waals surface area contributed by atoms with E-state index in [1.165, 1.54) is 18.3 Å². The van der Waals surface area contributed by atoms with E-state index in [0.29, 0.717) is 55.6 Å². The van der Waals surface area contributed by atoms with E-state index in [-0.39, 0.29) is 21.4 Å². The van der Waals surface area contributed by atoms with Crippen LogP contribution in [-0.2, 0) is 30.9 Å². The smallest absolute Gasteiger partial charge is 0.337 e. The maximum atomic E-state index is 13.3. The topological polar surface area (TPSA) is 118 Å². The molecule has 0 saturated carbocycles. The second kappa shape index (κ2) is 13.2. The van der Waals surface area contributed by atoms with Gasteiger partial charge in [-0.05, 0) is 42.3 Å². The van der Waals surface area contributed by atoms with Crippen LogP contribution in [0.4, 0.5) is 5.13 Å². The van der Waals surface area contributed by atoms with Crippen molar-refractivity contribution in [2.45, 2.75) is 30.8 Å². The number of thiazole rings is 1. The van der Waals surface area contributed by atoms with Crippen molar-refractivity contribution in [1.29, 1.82) is 0 Å². The summed E-state index contributed by atoms with van der Waals surface area (Å²) in [7, 11) is -2.40. The Kier molecular flexibility index (Phi) is 9.93. The number of nitrogens with zero attached hydrogens (tertiary/aromatic N) is 3. The van der Waals surface area contributed by atoms with Crippen LogP contribution in [0.1, 0.15) is 40.2 Å². The summed E-state index contributed by atoms with van der Waals surface area (Å²) in [5, 5.41) is 3.45. The van der Waals surface area contributed by atoms with E-state index in [0.717, 1.165) is 22.5 Å². The Balaban J connectivity index is 1.41. The van der Waals surface area contributed by atoms with Crippen molar-refractivity contribution in [3.05, 3.63) is 75.9 Å². The molecule has 1 aliphatic rings. The van der Waals surface area contributed by atoms with Gasteiger partial charge in [0.25, 0.3) is 10.0 Å². The van der Waals surface area contributed by atoms with E-state index in [2.05, 4.69) is 15.2 Å². The number of sulfonamides is 1. The van der Waals surface area contributed by atoms with Crippen molar-refractivity contribution in [2.75, 3.05) is 45.2 Å². The second-order valence-corrected chi connectivity index (χ2v) is 12.9. The number of nitrogens with one attached hydrogen (secondary N) is 1. The number of aromatic nitrogens is 1. The van der Waals surface area contributed by atoms with Gasteiger partial charge in [-0.1, -0.05) is 47.2 Å². The number of hydrogen-bond donors (Lipinski definition) is 1. The van der Waals surface area contributed by atoms with Crippen LogP contribution < -0.4 is 5.32 Å². The van der Waals surface area contributed by atoms with Gasteiger partial charge >= 0.3 is 5.97 Å². The molecule has 2 heterocycles. The molecule has 0 radical (unpaired) electrons. The first-order valence-electron chi connectivity index (χ1n) is 12.6. The highest BCUT2D eigenvalue weighted by molar-refractivity contribution is 7.91. The fourth-order valence-electron chi connectivity index (χ4n) is 4.31. The van der Waals surface area contributed by atoms with Crippen molar-refractivity contribution in [3.8, 4) is 0 Å². The summed E-state index contributed by atoms with van der Waals surface area (Å²) in [6, 6.07) is 14.5. The van der Waals surface area contributed by atoms with Crippen molar-refractivity contribution in [1.82, 2.24) is 14.2 Å². The highest BCUT2D eigenvalue weighted by atomic mass is 35.5. The van der Waals surface area contributed by atoms with E-state index in [1.54, 1.807) is 19.1 Å². The Morgan fingerprint density at radius 3 is 2.33 bits per heavy atom. The zero-order chi connectivity index (χ0) is 28.9. The first-order valence-corrected chi connectivity index (χ1v) is 15.2. The normalized spacial score (nSPS) is 15.5. The van der Waals surface area contributed by atoms with Gasteiger partial charge < -0.3 is 14.8 Å². The van der Waals surface area contributed by atoms with Crippen LogP contribution in [0, 0.1) is 6.92 Å². The number of anilines is 1. The lowest BCUT2D eigenvalue weighted by molar-refractivity contribution is -0.114. The Labute approximate surface area is 242 Å². The number of esters is 1. The maximum absolute atomic E-state index is 13.3. The Bertz CT molecular complexity index is 1440. The molecule has 0 spiro atoms. The van der Waals surface area contributed by atoms with Crippen LogP contribution in [0.15, 0.2) is 52.7 Å². The molecule has 1 aromatic heterocycles. The minimum Gasteiger partial charge on any atom is -0.465 e. The number of carbonyl (C=O) groups excluding carboxylic acids is 2. The zero-order valence-corrected chi connectivity index (χ0v) is 24.8. The van der Waals surface area contributed by atoms with E-state index < -0.39 is 16.0 Å². The monoisotopic (exact) mass is 606 g/mol. The zero-order valence-electron chi connectivity index (χ0n) is 22.4. The number of methoxy groups -OCH3 is 1. The van der Waals surface area contributed by atoms with Crippen molar-refractivity contribution < 1.29 is 27.5 Å². The summed E-state index contributed by atoms with van der Waals surface area (Å²) in [6.45, 7) is 5.54. The quantitative estimate of drug-likeness (QED) is 0.343. The summed E-state index contributed by atoms with van der Waals surface area (Å²) >= 11 is 7.07. The third-order valence-corrected chi connectivity index (χ3v) is 10.2. The molecule has 1 fully saturated rings. The van der Waals surface area contributed by atoms with Gasteiger partial charge in [-0.2, -0.15) is 4.31 Å². The molecule has 1 amide bonds. The third kappa shape index (κ3) is 7.45. The average molecular weight is 607 g/mol. The molecule has 1 saturated heterocycles. The van der Waals surface area contributed by atoms with E-state index >= 15 is 0 Å². The maximum Gasteiger partial charge on any atom is 0.337 e. The summed E-state index contributed by atoms with van der Waals surface area (Å²) in [5.41, 5.74) is 2.69. The number of ether oxygens (including phenoxy) is 2. The molecule has 0 unspecified atom stereocenters. The number of rotatable bonds is 10. The fourth-order valence-corrected chi connectivity index (χ4v) is 7.46. The summed E-state index contributed by atoms with van der Waals surface area (Å²) < 4.78 is 39.3. The number of piperazine rings is 1. The van der Waals surface area contributed by atoms with Crippen molar-refractivity contribution >= 4 is 50.0 Å². The summed E-state index contributed by atoms with van der Waals surface area (Å²) in [6.07, 6.45) is -0.287. The molecular formula is C27H31ClN4O6S2. The molecule has 3 aromatic rings. The van der Waals surface area contributed by atoms with Crippen LogP contribution in [0.25, 0.3) is 0 Å². The van der Waals surface area contributed by atoms with E-state index in [9.17, 15) is 18.0 Å². The molecular weight excluding hydrogens is 576 g/mol. The number of hydrogen-bond acceptors (Lipinski definition) is 9. The van der Waals surface area contributed by atoms with Gasteiger partial charge in [0.15, 0.2) is 9.34 Å². The van der Waals surface area contributed by atoms with E-state index in [1.807, 2.05) is 36.4 Å². The van der Waals surface area contributed by atoms with Crippen LogP contribution >= 0.6 is 22.9 Å². The Morgan fingerprint density at radius 2 is 1.73 bits per heavy atom. The molecule has 13 heteroatoms. The number of benzene rings is 2. The SMILES string of the molecule is COC(=O)c1ccc(CO[C@@H](CN2CCN(S(=O)(=O)c3sc(NC(C)=O)nc3C)CC2)c2ccc(Cl)cc2)cc1. The number of halogens is 1. The largest absolute Gasteiger partial charge is 0.465 e. The molecule has 10 nitrogen and oxygen atoms in total. The first kappa shape index (κ1) is 30.1. The number of aryl methyl sites for hydroxylation is 1. The van der Waals surface area contributed by atoms with Crippen LogP contribution in [0.5, 0.6) is 0 Å². The minimum atomic E-state index is -3.74. The average Bonchev–Trinajstić information content (AvgIpc) is 3.31. The molecule has 2 aromatic carbocycles. The lowest BCUT2D eigenvalue weighted by Crippen LogP contribution is -2.49. The molecule has 4 rings (SSSR count). The first-order chi connectivity index (χ1) is 19.1. The fraction of sp³-hybridized carbons (Fsp3) is 0.370. The van der Waals surface area contributed by atoms with E-state index in [4.69, 9.17) is 21.1 Å². The molecule has 40 heavy (non-hydrogen) atoms. The second-order valence-electron chi connectivity index (χ2n) is 9.32. The van der Waals surface area contributed by atoms with Gasteiger partial charge in [-0.25, -0.2) is 18.2 Å². The lowest BCUT2D eigenvalue weighted by atomic mass is 10.1.